The number of aryl methyl sites for hydroxylation is 3. The Morgan fingerprint density at radius 2 is 2.04 bits per heavy atom. The van der Waals surface area contributed by atoms with Crippen molar-refractivity contribution in [3.63, 3.8) is 0 Å². The molecule has 1 N–H and O–H groups in total. The third-order valence-electron chi connectivity index (χ3n) is 4.60. The summed E-state index contributed by atoms with van der Waals surface area (Å²) in [5.74, 6) is 1.84. The number of hydrogen-bond donors (Lipinski definition) is 1. The molecule has 0 bridgehead atoms. The van der Waals surface area contributed by atoms with Crippen molar-refractivity contribution >= 4 is 5.91 Å². The van der Waals surface area contributed by atoms with Gasteiger partial charge in [0.15, 0.2) is 5.76 Å². The summed E-state index contributed by atoms with van der Waals surface area (Å²) < 4.78 is 13.4. The van der Waals surface area contributed by atoms with E-state index >= 15 is 0 Å². The van der Waals surface area contributed by atoms with Crippen LogP contribution in [0.2, 0.25) is 0 Å². The molecule has 28 heavy (non-hydrogen) atoms. The molecule has 0 aliphatic heterocycles. The zero-order valence-corrected chi connectivity index (χ0v) is 17.1. The van der Waals surface area contributed by atoms with E-state index in [1.54, 1.807) is 16.8 Å². The van der Waals surface area contributed by atoms with Gasteiger partial charge in [-0.2, -0.15) is 5.10 Å². The lowest BCUT2D eigenvalue weighted by Crippen LogP contribution is -2.22. The Balaban J connectivity index is 1.60. The molecule has 2 aromatic heterocycles. The van der Waals surface area contributed by atoms with E-state index in [9.17, 15) is 4.79 Å². The van der Waals surface area contributed by atoms with E-state index in [0.29, 0.717) is 18.2 Å². The number of amides is 1. The van der Waals surface area contributed by atoms with Gasteiger partial charge in [0.1, 0.15) is 18.1 Å². The molecule has 1 amide bonds. The van der Waals surface area contributed by atoms with E-state index < -0.39 is 0 Å². The summed E-state index contributed by atoms with van der Waals surface area (Å²) in [7, 11) is 1.86. The number of nitrogens with one attached hydrogen (secondary N) is 1. The van der Waals surface area contributed by atoms with Gasteiger partial charge in [-0.3, -0.25) is 9.48 Å². The lowest BCUT2D eigenvalue weighted by atomic mass is 10.0. The molecule has 0 saturated heterocycles. The van der Waals surface area contributed by atoms with Crippen molar-refractivity contribution in [2.75, 3.05) is 0 Å². The van der Waals surface area contributed by atoms with Gasteiger partial charge in [-0.1, -0.05) is 26.0 Å². The first kappa shape index (κ1) is 19.7. The van der Waals surface area contributed by atoms with E-state index in [-0.39, 0.29) is 18.3 Å². The maximum absolute atomic E-state index is 12.3. The average Bonchev–Trinajstić information content (AvgIpc) is 3.23. The number of rotatable bonds is 7. The fourth-order valence-electron chi connectivity index (χ4n) is 3.05. The van der Waals surface area contributed by atoms with Crippen LogP contribution in [0.4, 0.5) is 0 Å². The Hall–Kier alpha value is -3.02. The van der Waals surface area contributed by atoms with E-state index in [2.05, 4.69) is 36.4 Å². The van der Waals surface area contributed by atoms with Crippen LogP contribution < -0.4 is 10.1 Å². The Morgan fingerprint density at radius 3 is 2.71 bits per heavy atom. The summed E-state index contributed by atoms with van der Waals surface area (Å²) in [5.41, 5.74) is 4.17. The van der Waals surface area contributed by atoms with Crippen LogP contribution in [-0.4, -0.2) is 15.7 Å². The largest absolute Gasteiger partial charge is 0.485 e. The predicted octanol–water partition coefficient (Wildman–Crippen LogP) is 4.26. The van der Waals surface area contributed by atoms with Crippen molar-refractivity contribution in [2.24, 2.45) is 7.05 Å². The fourth-order valence-corrected chi connectivity index (χ4v) is 3.05. The first-order valence-corrected chi connectivity index (χ1v) is 9.43. The van der Waals surface area contributed by atoms with Gasteiger partial charge in [0.2, 0.25) is 0 Å². The summed E-state index contributed by atoms with van der Waals surface area (Å²) >= 11 is 0. The van der Waals surface area contributed by atoms with Gasteiger partial charge in [-0.25, -0.2) is 0 Å². The zero-order valence-electron chi connectivity index (χ0n) is 17.1. The molecule has 0 fully saturated rings. The van der Waals surface area contributed by atoms with E-state index in [1.165, 1.54) is 0 Å². The average molecular weight is 381 g/mol. The Morgan fingerprint density at radius 1 is 1.25 bits per heavy atom. The summed E-state index contributed by atoms with van der Waals surface area (Å²) in [4.78, 5) is 12.3. The molecule has 6 nitrogen and oxygen atoms in total. The van der Waals surface area contributed by atoms with Crippen LogP contribution in [0.3, 0.4) is 0 Å². The first-order valence-electron chi connectivity index (χ1n) is 9.43. The molecule has 148 valence electrons. The molecule has 2 heterocycles. The summed E-state index contributed by atoms with van der Waals surface area (Å²) in [5, 5.41) is 7.13. The number of nitrogens with zero attached hydrogens (tertiary/aromatic N) is 2. The number of hydrogen-bond acceptors (Lipinski definition) is 4. The normalized spacial score (nSPS) is 11.1. The van der Waals surface area contributed by atoms with Gasteiger partial charge in [0, 0.05) is 25.4 Å². The van der Waals surface area contributed by atoms with Crippen LogP contribution in [0.1, 0.15) is 58.5 Å². The van der Waals surface area contributed by atoms with Gasteiger partial charge in [-0.15, -0.1) is 0 Å². The van der Waals surface area contributed by atoms with Crippen LogP contribution in [0.25, 0.3) is 0 Å². The highest BCUT2D eigenvalue weighted by Gasteiger charge is 2.14. The van der Waals surface area contributed by atoms with Crippen molar-refractivity contribution in [1.29, 1.82) is 0 Å². The van der Waals surface area contributed by atoms with E-state index in [0.717, 1.165) is 28.1 Å². The Bertz CT molecular complexity index is 969. The topological polar surface area (TPSA) is 69.3 Å². The van der Waals surface area contributed by atoms with Gasteiger partial charge in [-0.05, 0) is 49.1 Å². The Labute approximate surface area is 165 Å². The number of aromatic nitrogens is 2. The van der Waals surface area contributed by atoms with Gasteiger partial charge < -0.3 is 14.5 Å². The summed E-state index contributed by atoms with van der Waals surface area (Å²) in [6.45, 7) is 8.91. The van der Waals surface area contributed by atoms with Crippen molar-refractivity contribution in [3.05, 3.63) is 70.4 Å². The molecule has 3 aromatic rings. The van der Waals surface area contributed by atoms with E-state index in [4.69, 9.17) is 9.15 Å². The third-order valence-corrected chi connectivity index (χ3v) is 4.60. The van der Waals surface area contributed by atoms with Crippen LogP contribution >= 0.6 is 0 Å². The van der Waals surface area contributed by atoms with Gasteiger partial charge in [0.05, 0.1) is 5.69 Å². The molecular formula is C22H27N3O3. The molecule has 0 aliphatic carbocycles. The molecule has 0 saturated carbocycles. The molecular weight excluding hydrogens is 354 g/mol. The second-order valence-corrected chi connectivity index (χ2v) is 7.35. The lowest BCUT2D eigenvalue weighted by Gasteiger charge is -2.14. The smallest absolute Gasteiger partial charge is 0.287 e. The lowest BCUT2D eigenvalue weighted by molar-refractivity contribution is 0.0919. The quantitative estimate of drug-likeness (QED) is 0.664. The minimum atomic E-state index is -0.257. The molecule has 3 rings (SSSR count). The number of benzene rings is 1. The van der Waals surface area contributed by atoms with Crippen LogP contribution in [0.15, 0.2) is 40.9 Å². The minimum absolute atomic E-state index is 0.257. The second kappa shape index (κ2) is 8.33. The highest BCUT2D eigenvalue weighted by molar-refractivity contribution is 5.91. The molecule has 0 unspecified atom stereocenters. The van der Waals surface area contributed by atoms with Crippen LogP contribution in [-0.2, 0) is 20.2 Å². The first-order chi connectivity index (χ1) is 13.3. The maximum atomic E-state index is 12.3. The van der Waals surface area contributed by atoms with Crippen molar-refractivity contribution in [2.45, 2.75) is 46.8 Å². The SMILES string of the molecule is Cc1ccc(C(C)C)c(OCc2ccc(C(=O)NCc3cn(C)nc3C)o2)c1. The molecule has 6 heteroatoms. The highest BCUT2D eigenvalue weighted by Crippen LogP contribution is 2.28. The fraction of sp³-hybridized carbons (Fsp3) is 0.364. The molecule has 1 aromatic carbocycles. The van der Waals surface area contributed by atoms with Gasteiger partial charge >= 0.3 is 0 Å². The minimum Gasteiger partial charge on any atom is -0.485 e. The summed E-state index contributed by atoms with van der Waals surface area (Å²) in [6.07, 6.45) is 1.89. The maximum Gasteiger partial charge on any atom is 0.287 e. The van der Waals surface area contributed by atoms with Crippen molar-refractivity contribution in [3.8, 4) is 5.75 Å². The van der Waals surface area contributed by atoms with Crippen LogP contribution in [0, 0.1) is 13.8 Å². The monoisotopic (exact) mass is 381 g/mol. The Kier molecular flexibility index (Phi) is 5.87. The zero-order chi connectivity index (χ0) is 20.3. The molecule has 0 aliphatic rings. The number of furan rings is 1. The standard InChI is InChI=1S/C22H27N3O3/c1-14(2)19-8-6-15(3)10-21(19)27-13-18-7-9-20(28-18)22(26)23-11-17-12-25(5)24-16(17)4/h6-10,12,14H,11,13H2,1-5H3,(H,23,26). The number of carbonyl (C=O) groups is 1. The third kappa shape index (κ3) is 4.63. The van der Waals surface area contributed by atoms with E-state index in [1.807, 2.05) is 33.2 Å². The number of carbonyl (C=O) groups excluding carboxylic acids is 1. The highest BCUT2D eigenvalue weighted by atomic mass is 16.5. The van der Waals surface area contributed by atoms with Crippen LogP contribution in [0.5, 0.6) is 5.75 Å². The molecule has 0 radical (unpaired) electrons. The second-order valence-electron chi connectivity index (χ2n) is 7.35. The molecule has 0 atom stereocenters. The molecule has 0 spiro atoms. The number of ether oxygens (including phenoxy) is 1. The summed E-state index contributed by atoms with van der Waals surface area (Å²) in [6, 6.07) is 9.65. The van der Waals surface area contributed by atoms with Gasteiger partial charge in [0.25, 0.3) is 5.91 Å². The predicted molar refractivity (Wildman–Crippen MR) is 107 cm³/mol. The van der Waals surface area contributed by atoms with Crippen molar-refractivity contribution < 1.29 is 13.9 Å². The van der Waals surface area contributed by atoms with Crippen molar-refractivity contribution in [1.82, 2.24) is 15.1 Å².